The summed E-state index contributed by atoms with van der Waals surface area (Å²) >= 11 is 0. The van der Waals surface area contributed by atoms with Gasteiger partial charge in [-0.3, -0.25) is 10.1 Å². The summed E-state index contributed by atoms with van der Waals surface area (Å²) < 4.78 is 26.5. The molecule has 2 aromatic carbocycles. The Hall–Kier alpha value is -2.78. The van der Waals surface area contributed by atoms with Gasteiger partial charge < -0.3 is 5.32 Å². The normalized spacial score (nSPS) is 15.8. The summed E-state index contributed by atoms with van der Waals surface area (Å²) in [6.07, 6.45) is 1.87. The summed E-state index contributed by atoms with van der Waals surface area (Å²) in [4.78, 5) is 12.4. The van der Waals surface area contributed by atoms with Gasteiger partial charge in [0, 0.05) is 0 Å². The van der Waals surface area contributed by atoms with Crippen LogP contribution in [0.15, 0.2) is 48.5 Å². The molecular formula is C21H21F2N3O. The summed E-state index contributed by atoms with van der Waals surface area (Å²) in [7, 11) is 0. The van der Waals surface area contributed by atoms with Crippen LogP contribution in [0.1, 0.15) is 36.9 Å². The summed E-state index contributed by atoms with van der Waals surface area (Å²) in [6.45, 7) is 1.71. The summed E-state index contributed by atoms with van der Waals surface area (Å²) in [6, 6.07) is 13.6. The number of nitrogens with one attached hydrogen (secondary N) is 2. The van der Waals surface area contributed by atoms with E-state index in [-0.39, 0.29) is 30.0 Å². The molecule has 4 nitrogen and oxygen atoms in total. The number of hydrogen-bond acceptors (Lipinski definition) is 3. The summed E-state index contributed by atoms with van der Waals surface area (Å²) in [5.41, 5.74) is 0.641. The molecule has 1 saturated carbocycles. The topological polar surface area (TPSA) is 64.9 Å². The van der Waals surface area contributed by atoms with E-state index >= 15 is 0 Å². The smallest absolute Gasteiger partial charge is 0.235 e. The van der Waals surface area contributed by atoms with Gasteiger partial charge in [-0.2, -0.15) is 5.26 Å². The van der Waals surface area contributed by atoms with Crippen molar-refractivity contribution in [3.8, 4) is 6.07 Å². The average molecular weight is 369 g/mol. The second-order valence-electron chi connectivity index (χ2n) is 7.05. The van der Waals surface area contributed by atoms with Gasteiger partial charge in [0.15, 0.2) is 0 Å². The predicted molar refractivity (Wildman–Crippen MR) is 97.5 cm³/mol. The van der Waals surface area contributed by atoms with Crippen molar-refractivity contribution in [2.75, 3.05) is 6.54 Å². The molecule has 1 fully saturated rings. The van der Waals surface area contributed by atoms with Gasteiger partial charge in [-0.05, 0) is 61.1 Å². The Bertz CT molecular complexity index is 796. The van der Waals surface area contributed by atoms with Crippen molar-refractivity contribution in [3.05, 3.63) is 71.3 Å². The quantitative estimate of drug-likeness (QED) is 0.786. The highest BCUT2D eigenvalue weighted by Crippen LogP contribution is 2.39. The van der Waals surface area contributed by atoms with Crippen LogP contribution in [0.5, 0.6) is 0 Å². The monoisotopic (exact) mass is 369 g/mol. The Kier molecular flexibility index (Phi) is 5.52. The van der Waals surface area contributed by atoms with Crippen LogP contribution >= 0.6 is 0 Å². The van der Waals surface area contributed by atoms with Crippen LogP contribution in [0, 0.1) is 28.9 Å². The minimum Gasteiger partial charge on any atom is -0.337 e. The molecule has 1 amide bonds. The third kappa shape index (κ3) is 4.69. The Labute approximate surface area is 157 Å². The van der Waals surface area contributed by atoms with Crippen LogP contribution < -0.4 is 10.6 Å². The second-order valence-corrected chi connectivity index (χ2v) is 7.05. The molecule has 0 aromatic heterocycles. The van der Waals surface area contributed by atoms with Crippen molar-refractivity contribution in [3.63, 3.8) is 0 Å². The lowest BCUT2D eigenvalue weighted by Gasteiger charge is -2.24. The van der Waals surface area contributed by atoms with Gasteiger partial charge in [0.25, 0.3) is 0 Å². The Morgan fingerprint density at radius 3 is 2.00 bits per heavy atom. The first-order valence-corrected chi connectivity index (χ1v) is 8.88. The predicted octanol–water partition coefficient (Wildman–Crippen LogP) is 3.45. The van der Waals surface area contributed by atoms with E-state index in [1.807, 2.05) is 0 Å². The number of rotatable bonds is 7. The van der Waals surface area contributed by atoms with Crippen LogP contribution in [0.3, 0.4) is 0 Å². The first-order valence-electron chi connectivity index (χ1n) is 8.88. The van der Waals surface area contributed by atoms with Gasteiger partial charge in [-0.15, -0.1) is 0 Å². The molecule has 2 aromatic rings. The van der Waals surface area contributed by atoms with E-state index in [0.717, 1.165) is 24.0 Å². The van der Waals surface area contributed by atoms with Gasteiger partial charge in [0.05, 0.1) is 18.7 Å². The molecule has 6 heteroatoms. The van der Waals surface area contributed by atoms with E-state index in [4.69, 9.17) is 0 Å². The van der Waals surface area contributed by atoms with Gasteiger partial charge in [0.1, 0.15) is 17.2 Å². The zero-order valence-electron chi connectivity index (χ0n) is 15.0. The first kappa shape index (κ1) is 19.0. The van der Waals surface area contributed by atoms with E-state index in [0.29, 0.717) is 0 Å². The number of halogens is 2. The van der Waals surface area contributed by atoms with Crippen molar-refractivity contribution >= 4 is 5.91 Å². The fourth-order valence-corrected chi connectivity index (χ4v) is 3.15. The molecule has 0 spiro atoms. The largest absolute Gasteiger partial charge is 0.337 e. The van der Waals surface area contributed by atoms with E-state index in [2.05, 4.69) is 16.7 Å². The van der Waals surface area contributed by atoms with Crippen molar-refractivity contribution in [1.82, 2.24) is 10.6 Å². The third-order valence-corrected chi connectivity index (χ3v) is 4.90. The summed E-state index contributed by atoms with van der Waals surface area (Å²) in [5, 5.41) is 15.3. The molecule has 1 atom stereocenters. The van der Waals surface area contributed by atoms with E-state index in [1.54, 1.807) is 31.2 Å². The highest BCUT2D eigenvalue weighted by molar-refractivity contribution is 5.79. The lowest BCUT2D eigenvalue weighted by Crippen LogP contribution is -2.49. The van der Waals surface area contributed by atoms with Gasteiger partial charge in [-0.1, -0.05) is 24.3 Å². The van der Waals surface area contributed by atoms with Crippen LogP contribution in [0.4, 0.5) is 8.78 Å². The molecule has 0 unspecified atom stereocenters. The third-order valence-electron chi connectivity index (χ3n) is 4.90. The summed E-state index contributed by atoms with van der Waals surface area (Å²) in [5.74, 6) is -0.816. The molecule has 27 heavy (non-hydrogen) atoms. The maximum atomic E-state index is 13.3. The number of carbonyl (C=O) groups is 1. The molecule has 0 bridgehead atoms. The molecule has 0 radical (unpaired) electrons. The number of nitrogens with zero attached hydrogens (tertiary/aromatic N) is 1. The van der Waals surface area contributed by atoms with Crippen LogP contribution in [0.25, 0.3) is 0 Å². The Morgan fingerprint density at radius 1 is 1.11 bits per heavy atom. The van der Waals surface area contributed by atoms with Crippen molar-refractivity contribution in [2.24, 2.45) is 5.92 Å². The SMILES string of the molecule is C[C@@](C#N)(NC(=O)CNC(c1ccc(F)cc1)c1ccc(F)cc1)C1CC1. The molecule has 2 N–H and O–H groups in total. The number of nitriles is 1. The fraction of sp³-hybridized carbons (Fsp3) is 0.333. The van der Waals surface area contributed by atoms with Crippen molar-refractivity contribution in [1.29, 1.82) is 5.26 Å². The molecule has 0 saturated heterocycles. The maximum absolute atomic E-state index is 13.3. The molecule has 3 rings (SSSR count). The van der Waals surface area contributed by atoms with Crippen LogP contribution in [-0.2, 0) is 4.79 Å². The average Bonchev–Trinajstić information content (AvgIpc) is 3.50. The number of amides is 1. The highest BCUT2D eigenvalue weighted by Gasteiger charge is 2.42. The van der Waals surface area contributed by atoms with Gasteiger partial charge >= 0.3 is 0 Å². The number of hydrogen-bond donors (Lipinski definition) is 2. The van der Waals surface area contributed by atoms with E-state index < -0.39 is 11.6 Å². The fourth-order valence-electron chi connectivity index (χ4n) is 3.15. The zero-order chi connectivity index (χ0) is 19.4. The van der Waals surface area contributed by atoms with Crippen LogP contribution in [-0.4, -0.2) is 18.0 Å². The zero-order valence-corrected chi connectivity index (χ0v) is 15.0. The van der Waals surface area contributed by atoms with Crippen molar-refractivity contribution < 1.29 is 13.6 Å². The number of benzene rings is 2. The highest BCUT2D eigenvalue weighted by atomic mass is 19.1. The first-order chi connectivity index (χ1) is 12.9. The van der Waals surface area contributed by atoms with Gasteiger partial charge in [-0.25, -0.2) is 8.78 Å². The maximum Gasteiger partial charge on any atom is 0.235 e. The number of carbonyl (C=O) groups excluding carboxylic acids is 1. The van der Waals surface area contributed by atoms with Gasteiger partial charge in [0.2, 0.25) is 5.91 Å². The van der Waals surface area contributed by atoms with E-state index in [1.165, 1.54) is 24.3 Å². The van der Waals surface area contributed by atoms with Crippen molar-refractivity contribution in [2.45, 2.75) is 31.3 Å². The molecule has 0 aliphatic heterocycles. The van der Waals surface area contributed by atoms with E-state index in [9.17, 15) is 18.8 Å². The standard InChI is InChI=1S/C21H21F2N3O/c1-21(13-24,16-6-7-16)26-19(27)12-25-20(14-2-8-17(22)9-3-14)15-4-10-18(23)11-5-15/h2-5,8-11,16,20,25H,6-7,12H2,1H3,(H,26,27)/t21-/m0/s1. The molecule has 0 heterocycles. The lowest BCUT2D eigenvalue weighted by molar-refractivity contribution is -0.121. The van der Waals surface area contributed by atoms with Crippen LogP contribution in [0.2, 0.25) is 0 Å². The minimum atomic E-state index is -0.861. The second kappa shape index (κ2) is 7.85. The molecule has 1 aliphatic rings. The Balaban J connectivity index is 1.73. The molecule has 140 valence electrons. The molecule has 1 aliphatic carbocycles. The molecular weight excluding hydrogens is 348 g/mol. The lowest BCUT2D eigenvalue weighted by atomic mass is 9.97. The minimum absolute atomic E-state index is 0.0244. The Morgan fingerprint density at radius 2 is 1.59 bits per heavy atom.